The number of carbonyl (C=O) groups is 2. The van der Waals surface area contributed by atoms with Crippen LogP contribution in [0.15, 0.2) is 63.5 Å². The van der Waals surface area contributed by atoms with Crippen LogP contribution in [0.3, 0.4) is 0 Å². The molecule has 0 amide bonds. The molecular formula is C24H33NO5S. The van der Waals surface area contributed by atoms with Crippen molar-refractivity contribution >= 4 is 29.2 Å². The van der Waals surface area contributed by atoms with Crippen LogP contribution in [0.4, 0.5) is 0 Å². The van der Waals surface area contributed by atoms with Crippen molar-refractivity contribution < 1.29 is 24.3 Å². The SMILES string of the molecule is CC.CC.CCC(=O)O/N=C(\C)C(=O)c1ccccc1Sc1ccc(OCCO)cc1. The minimum atomic E-state index is -0.492. The third-order valence-electron chi connectivity index (χ3n) is 3.44. The minimum absolute atomic E-state index is 0.0412. The number of Topliss-reactive ketones (excluding diaryl/α,β-unsaturated/α-hetero) is 1. The highest BCUT2D eigenvalue weighted by Crippen LogP contribution is 2.32. The quantitative estimate of drug-likeness (QED) is 0.227. The van der Waals surface area contributed by atoms with Gasteiger partial charge in [0.05, 0.1) is 6.61 Å². The predicted octanol–water partition coefficient (Wildman–Crippen LogP) is 5.77. The van der Waals surface area contributed by atoms with Crippen molar-refractivity contribution in [3.05, 3.63) is 54.1 Å². The van der Waals surface area contributed by atoms with Crippen LogP contribution in [0.1, 0.15) is 58.3 Å². The smallest absolute Gasteiger partial charge is 0.334 e. The molecule has 6 nitrogen and oxygen atoms in total. The van der Waals surface area contributed by atoms with Crippen molar-refractivity contribution in [3.8, 4) is 5.75 Å². The summed E-state index contributed by atoms with van der Waals surface area (Å²) in [5.41, 5.74) is 0.592. The van der Waals surface area contributed by atoms with E-state index in [9.17, 15) is 9.59 Å². The molecule has 31 heavy (non-hydrogen) atoms. The summed E-state index contributed by atoms with van der Waals surface area (Å²) in [4.78, 5) is 30.2. The fraction of sp³-hybridized carbons (Fsp3) is 0.375. The number of rotatable bonds is 9. The van der Waals surface area contributed by atoms with Crippen LogP contribution in [0.25, 0.3) is 0 Å². The zero-order valence-corrected chi connectivity index (χ0v) is 20.0. The number of hydrogen-bond donors (Lipinski definition) is 1. The molecular weight excluding hydrogens is 414 g/mol. The zero-order valence-electron chi connectivity index (χ0n) is 19.2. The van der Waals surface area contributed by atoms with E-state index < -0.39 is 5.97 Å². The summed E-state index contributed by atoms with van der Waals surface area (Å²) in [5, 5.41) is 12.4. The highest BCUT2D eigenvalue weighted by Gasteiger charge is 2.16. The van der Waals surface area contributed by atoms with E-state index in [1.807, 2.05) is 52.0 Å². The van der Waals surface area contributed by atoms with Crippen molar-refractivity contribution in [3.63, 3.8) is 0 Å². The number of ether oxygens (including phenoxy) is 1. The molecule has 0 radical (unpaired) electrons. The fourth-order valence-electron chi connectivity index (χ4n) is 2.06. The first-order valence-electron chi connectivity index (χ1n) is 10.4. The van der Waals surface area contributed by atoms with E-state index in [-0.39, 0.29) is 31.1 Å². The zero-order chi connectivity index (χ0) is 23.6. The van der Waals surface area contributed by atoms with E-state index in [0.717, 1.165) is 9.79 Å². The largest absolute Gasteiger partial charge is 0.491 e. The van der Waals surface area contributed by atoms with Crippen molar-refractivity contribution in [1.29, 1.82) is 0 Å². The van der Waals surface area contributed by atoms with Gasteiger partial charge in [-0.05, 0) is 43.3 Å². The number of oxime groups is 1. The number of carbonyl (C=O) groups excluding carboxylic acids is 2. The van der Waals surface area contributed by atoms with Gasteiger partial charge in [0.15, 0.2) is 0 Å². The summed E-state index contributed by atoms with van der Waals surface area (Å²) in [6.45, 7) is 11.4. The molecule has 0 spiro atoms. The molecule has 0 bridgehead atoms. The normalized spacial score (nSPS) is 10.1. The molecule has 0 aliphatic carbocycles. The predicted molar refractivity (Wildman–Crippen MR) is 126 cm³/mol. The standard InChI is InChI=1S/C20H21NO5S.2C2H6/c1-3-19(23)26-21-14(2)20(24)17-6-4-5-7-18(17)27-16-10-8-15(9-11-16)25-13-12-22;2*1-2/h4-11,22H,3,12-13H2,1-2H3;2*1-2H3/b21-14+;;. The Bertz CT molecular complexity index is 819. The summed E-state index contributed by atoms with van der Waals surface area (Å²) in [7, 11) is 0. The summed E-state index contributed by atoms with van der Waals surface area (Å²) in [6.07, 6.45) is 0.190. The third-order valence-corrected chi connectivity index (χ3v) is 4.53. The van der Waals surface area contributed by atoms with Crippen LogP contribution < -0.4 is 4.74 Å². The van der Waals surface area contributed by atoms with Crippen molar-refractivity contribution in [2.24, 2.45) is 5.16 Å². The maximum absolute atomic E-state index is 12.6. The lowest BCUT2D eigenvalue weighted by atomic mass is 10.1. The van der Waals surface area contributed by atoms with Crippen LogP contribution in [0, 0.1) is 0 Å². The highest BCUT2D eigenvalue weighted by molar-refractivity contribution is 7.99. The molecule has 0 heterocycles. The maximum Gasteiger partial charge on any atom is 0.334 e. The number of hydrogen-bond acceptors (Lipinski definition) is 7. The van der Waals surface area contributed by atoms with E-state index in [4.69, 9.17) is 9.84 Å². The van der Waals surface area contributed by atoms with Crippen LogP contribution in [-0.2, 0) is 9.63 Å². The van der Waals surface area contributed by atoms with Gasteiger partial charge in [0.2, 0.25) is 5.78 Å². The van der Waals surface area contributed by atoms with Gasteiger partial charge in [0, 0.05) is 21.8 Å². The number of nitrogens with zero attached hydrogens (tertiary/aromatic N) is 1. The van der Waals surface area contributed by atoms with Gasteiger partial charge in [-0.25, -0.2) is 4.79 Å². The Labute approximate surface area is 189 Å². The lowest BCUT2D eigenvalue weighted by molar-refractivity contribution is -0.143. The summed E-state index contributed by atoms with van der Waals surface area (Å²) in [5.74, 6) is -0.128. The van der Waals surface area contributed by atoms with E-state index >= 15 is 0 Å². The number of ketones is 1. The Hall–Kier alpha value is -2.64. The second-order valence-corrected chi connectivity index (χ2v) is 6.58. The van der Waals surface area contributed by atoms with Gasteiger partial charge >= 0.3 is 5.97 Å². The van der Waals surface area contributed by atoms with Gasteiger partial charge in [0.1, 0.15) is 18.1 Å². The molecule has 0 aliphatic heterocycles. The van der Waals surface area contributed by atoms with E-state index in [1.54, 1.807) is 31.2 Å². The first kappa shape index (κ1) is 28.4. The molecule has 1 N–H and O–H groups in total. The molecule has 2 rings (SSSR count). The average molecular weight is 448 g/mol. The average Bonchev–Trinajstić information content (AvgIpc) is 2.84. The molecule has 7 heteroatoms. The van der Waals surface area contributed by atoms with E-state index in [0.29, 0.717) is 11.3 Å². The Morgan fingerprint density at radius 2 is 1.61 bits per heavy atom. The van der Waals surface area contributed by atoms with Crippen molar-refractivity contribution in [1.82, 2.24) is 0 Å². The van der Waals surface area contributed by atoms with Crippen LogP contribution in [-0.4, -0.2) is 35.8 Å². The maximum atomic E-state index is 12.6. The van der Waals surface area contributed by atoms with Gasteiger partial charge < -0.3 is 14.7 Å². The molecule has 0 saturated heterocycles. The number of benzene rings is 2. The molecule has 170 valence electrons. The molecule has 0 fully saturated rings. The van der Waals surface area contributed by atoms with Gasteiger partial charge in [-0.1, -0.05) is 63.7 Å². The Morgan fingerprint density at radius 1 is 1.00 bits per heavy atom. The lowest BCUT2D eigenvalue weighted by Gasteiger charge is -2.09. The topological polar surface area (TPSA) is 85.2 Å². The van der Waals surface area contributed by atoms with Gasteiger partial charge in [-0.2, -0.15) is 0 Å². The van der Waals surface area contributed by atoms with E-state index in [2.05, 4.69) is 9.99 Å². The second-order valence-electron chi connectivity index (χ2n) is 5.46. The highest BCUT2D eigenvalue weighted by atomic mass is 32.2. The van der Waals surface area contributed by atoms with Gasteiger partial charge in [0.25, 0.3) is 0 Å². The van der Waals surface area contributed by atoms with Crippen LogP contribution >= 0.6 is 11.8 Å². The molecule has 0 atom stereocenters. The molecule has 0 unspecified atom stereocenters. The number of aliphatic hydroxyl groups is 1. The third kappa shape index (κ3) is 10.3. The van der Waals surface area contributed by atoms with Crippen molar-refractivity contribution in [2.75, 3.05) is 13.2 Å². The minimum Gasteiger partial charge on any atom is -0.491 e. The lowest BCUT2D eigenvalue weighted by Crippen LogP contribution is -2.13. The monoisotopic (exact) mass is 447 g/mol. The molecule has 2 aromatic carbocycles. The van der Waals surface area contributed by atoms with Crippen molar-refractivity contribution in [2.45, 2.75) is 57.8 Å². The molecule has 0 aliphatic rings. The first-order chi connectivity index (χ1) is 15.0. The summed E-state index contributed by atoms with van der Waals surface area (Å²) >= 11 is 1.43. The second kappa shape index (κ2) is 17.1. The summed E-state index contributed by atoms with van der Waals surface area (Å²) in [6, 6.07) is 14.5. The van der Waals surface area contributed by atoms with Gasteiger partial charge in [-0.15, -0.1) is 0 Å². The van der Waals surface area contributed by atoms with Gasteiger partial charge in [-0.3, -0.25) is 4.79 Å². The first-order valence-corrected chi connectivity index (χ1v) is 11.3. The Balaban J connectivity index is 0.00000212. The molecule has 0 aromatic heterocycles. The molecule has 2 aromatic rings. The number of aliphatic hydroxyl groups excluding tert-OH is 1. The molecule has 0 saturated carbocycles. The fourth-order valence-corrected chi connectivity index (χ4v) is 3.00. The summed E-state index contributed by atoms with van der Waals surface area (Å²) < 4.78 is 5.34. The van der Waals surface area contributed by atoms with Crippen LogP contribution in [0.5, 0.6) is 5.75 Å². The Morgan fingerprint density at radius 3 is 2.19 bits per heavy atom. The van der Waals surface area contributed by atoms with E-state index in [1.165, 1.54) is 18.7 Å². The Kier molecular flexibility index (Phi) is 15.6. The van der Waals surface area contributed by atoms with Crippen LogP contribution in [0.2, 0.25) is 0 Å².